The van der Waals surface area contributed by atoms with Crippen LogP contribution in [0.3, 0.4) is 0 Å². The number of rotatable bonds is 6. The standard InChI is InChI=1S/C12H18F2N2/c1-15-7-10-3-5-11(6-4-10)8-16(2)9-12(13)14/h3-6,12,15H,7-9H2,1-2H3. The molecule has 0 saturated carbocycles. The Labute approximate surface area is 95.3 Å². The fraction of sp³-hybridized carbons (Fsp3) is 0.500. The van der Waals surface area contributed by atoms with Gasteiger partial charge in [0.15, 0.2) is 0 Å². The average Bonchev–Trinajstić information content (AvgIpc) is 2.20. The van der Waals surface area contributed by atoms with Crippen LogP contribution in [0, 0.1) is 0 Å². The molecule has 0 amide bonds. The van der Waals surface area contributed by atoms with Crippen LogP contribution in [0.4, 0.5) is 8.78 Å². The van der Waals surface area contributed by atoms with Gasteiger partial charge in [0.25, 0.3) is 6.43 Å². The fourth-order valence-corrected chi connectivity index (χ4v) is 1.58. The predicted octanol–water partition coefficient (Wildman–Crippen LogP) is 2.10. The number of nitrogens with one attached hydrogen (secondary N) is 1. The molecule has 90 valence electrons. The van der Waals surface area contributed by atoms with Gasteiger partial charge in [-0.25, -0.2) is 8.78 Å². The molecule has 0 aliphatic carbocycles. The van der Waals surface area contributed by atoms with Crippen LogP contribution in [0.2, 0.25) is 0 Å². The number of hydrogen-bond donors (Lipinski definition) is 1. The largest absolute Gasteiger partial charge is 0.316 e. The van der Waals surface area contributed by atoms with E-state index in [1.54, 1.807) is 11.9 Å². The minimum absolute atomic E-state index is 0.182. The third kappa shape index (κ3) is 4.68. The minimum Gasteiger partial charge on any atom is -0.316 e. The zero-order valence-corrected chi connectivity index (χ0v) is 9.71. The van der Waals surface area contributed by atoms with Crippen LogP contribution in [0.15, 0.2) is 24.3 Å². The van der Waals surface area contributed by atoms with Crippen LogP contribution < -0.4 is 5.32 Å². The van der Waals surface area contributed by atoms with Crippen molar-refractivity contribution in [3.8, 4) is 0 Å². The third-order valence-corrected chi connectivity index (χ3v) is 2.31. The van der Waals surface area contributed by atoms with E-state index in [-0.39, 0.29) is 6.54 Å². The van der Waals surface area contributed by atoms with Gasteiger partial charge in [-0.2, -0.15) is 0 Å². The van der Waals surface area contributed by atoms with Crippen LogP contribution >= 0.6 is 0 Å². The molecule has 0 radical (unpaired) electrons. The molecule has 0 bridgehead atoms. The Hall–Kier alpha value is -1.00. The highest BCUT2D eigenvalue weighted by Gasteiger charge is 2.07. The quantitative estimate of drug-likeness (QED) is 0.802. The number of hydrogen-bond acceptors (Lipinski definition) is 2. The Morgan fingerprint density at radius 1 is 1.19 bits per heavy atom. The first-order chi connectivity index (χ1) is 7.61. The van der Waals surface area contributed by atoms with Gasteiger partial charge in [-0.1, -0.05) is 24.3 Å². The first-order valence-corrected chi connectivity index (χ1v) is 5.31. The maximum Gasteiger partial charge on any atom is 0.251 e. The third-order valence-electron chi connectivity index (χ3n) is 2.31. The Bertz CT molecular complexity index is 298. The lowest BCUT2D eigenvalue weighted by molar-refractivity contribution is 0.0975. The molecule has 0 saturated heterocycles. The van der Waals surface area contributed by atoms with Gasteiger partial charge in [-0.3, -0.25) is 4.90 Å². The molecule has 0 aliphatic heterocycles. The molecule has 0 unspecified atom stereocenters. The number of halogens is 2. The Morgan fingerprint density at radius 3 is 2.25 bits per heavy atom. The summed E-state index contributed by atoms with van der Waals surface area (Å²) in [5.41, 5.74) is 2.26. The molecule has 0 spiro atoms. The van der Waals surface area contributed by atoms with Gasteiger partial charge in [0.2, 0.25) is 0 Å². The molecule has 2 nitrogen and oxygen atoms in total. The van der Waals surface area contributed by atoms with Crippen molar-refractivity contribution >= 4 is 0 Å². The molecule has 1 rings (SSSR count). The molecule has 16 heavy (non-hydrogen) atoms. The van der Waals surface area contributed by atoms with Crippen LogP contribution in [0.5, 0.6) is 0 Å². The summed E-state index contributed by atoms with van der Waals surface area (Å²) >= 11 is 0. The first kappa shape index (κ1) is 13.1. The Kier molecular flexibility index (Phi) is 5.35. The zero-order valence-electron chi connectivity index (χ0n) is 9.71. The molecule has 1 aromatic rings. The van der Waals surface area contributed by atoms with Gasteiger partial charge >= 0.3 is 0 Å². The monoisotopic (exact) mass is 228 g/mol. The van der Waals surface area contributed by atoms with E-state index in [4.69, 9.17) is 0 Å². The molecule has 0 fully saturated rings. The van der Waals surface area contributed by atoms with Crippen molar-refractivity contribution in [2.45, 2.75) is 19.5 Å². The van der Waals surface area contributed by atoms with Crippen molar-refractivity contribution in [1.82, 2.24) is 10.2 Å². The molecule has 0 aliphatic rings. The molecular weight excluding hydrogens is 210 g/mol. The van der Waals surface area contributed by atoms with Crippen LogP contribution in [0.1, 0.15) is 11.1 Å². The fourth-order valence-electron chi connectivity index (χ4n) is 1.58. The highest BCUT2D eigenvalue weighted by atomic mass is 19.3. The van der Waals surface area contributed by atoms with E-state index in [0.29, 0.717) is 6.54 Å². The lowest BCUT2D eigenvalue weighted by Gasteiger charge is -2.16. The summed E-state index contributed by atoms with van der Waals surface area (Å²) in [4.78, 5) is 1.62. The second-order valence-electron chi connectivity index (χ2n) is 3.93. The second-order valence-corrected chi connectivity index (χ2v) is 3.93. The SMILES string of the molecule is CNCc1ccc(CN(C)CC(F)F)cc1. The second kappa shape index (κ2) is 6.55. The zero-order chi connectivity index (χ0) is 12.0. The summed E-state index contributed by atoms with van der Waals surface area (Å²) < 4.78 is 24.2. The smallest absolute Gasteiger partial charge is 0.251 e. The topological polar surface area (TPSA) is 15.3 Å². The van der Waals surface area contributed by atoms with Gasteiger partial charge in [-0.15, -0.1) is 0 Å². The van der Waals surface area contributed by atoms with Crippen molar-refractivity contribution < 1.29 is 8.78 Å². The summed E-state index contributed by atoms with van der Waals surface area (Å²) in [6, 6.07) is 7.99. The molecule has 0 aromatic heterocycles. The van der Waals surface area contributed by atoms with Crippen molar-refractivity contribution in [3.05, 3.63) is 35.4 Å². The Morgan fingerprint density at radius 2 is 1.75 bits per heavy atom. The highest BCUT2D eigenvalue weighted by Crippen LogP contribution is 2.07. The summed E-state index contributed by atoms with van der Waals surface area (Å²) in [5.74, 6) is 0. The lowest BCUT2D eigenvalue weighted by atomic mass is 10.1. The van der Waals surface area contributed by atoms with E-state index in [0.717, 1.165) is 12.1 Å². The van der Waals surface area contributed by atoms with Crippen LogP contribution in [-0.2, 0) is 13.1 Å². The van der Waals surface area contributed by atoms with Crippen molar-refractivity contribution in [2.75, 3.05) is 20.6 Å². The van der Waals surface area contributed by atoms with Crippen LogP contribution in [-0.4, -0.2) is 32.0 Å². The number of nitrogens with zero attached hydrogens (tertiary/aromatic N) is 1. The van der Waals surface area contributed by atoms with Gasteiger partial charge < -0.3 is 5.32 Å². The average molecular weight is 228 g/mol. The van der Waals surface area contributed by atoms with E-state index in [1.807, 2.05) is 31.3 Å². The van der Waals surface area contributed by atoms with Gasteiger partial charge in [0.1, 0.15) is 0 Å². The molecule has 0 atom stereocenters. The van der Waals surface area contributed by atoms with Gasteiger partial charge in [-0.05, 0) is 25.2 Å². The van der Waals surface area contributed by atoms with E-state index < -0.39 is 6.43 Å². The number of benzene rings is 1. The molecule has 1 aromatic carbocycles. The van der Waals surface area contributed by atoms with E-state index in [9.17, 15) is 8.78 Å². The molecule has 1 N–H and O–H groups in total. The van der Waals surface area contributed by atoms with Crippen LogP contribution in [0.25, 0.3) is 0 Å². The summed E-state index contributed by atoms with van der Waals surface area (Å²) in [6.45, 7) is 1.20. The number of alkyl halides is 2. The highest BCUT2D eigenvalue weighted by molar-refractivity contribution is 5.22. The molecule has 0 heterocycles. The lowest BCUT2D eigenvalue weighted by Crippen LogP contribution is -2.24. The maximum absolute atomic E-state index is 12.1. The van der Waals surface area contributed by atoms with E-state index in [1.165, 1.54) is 5.56 Å². The first-order valence-electron chi connectivity index (χ1n) is 5.31. The van der Waals surface area contributed by atoms with Crippen molar-refractivity contribution in [1.29, 1.82) is 0 Å². The van der Waals surface area contributed by atoms with Gasteiger partial charge in [0.05, 0.1) is 6.54 Å². The van der Waals surface area contributed by atoms with E-state index >= 15 is 0 Å². The molecular formula is C12H18F2N2. The summed E-state index contributed by atoms with van der Waals surface area (Å²) in [6.07, 6.45) is -2.27. The normalized spacial score (nSPS) is 11.4. The van der Waals surface area contributed by atoms with Crippen molar-refractivity contribution in [3.63, 3.8) is 0 Å². The minimum atomic E-state index is -2.27. The van der Waals surface area contributed by atoms with Crippen molar-refractivity contribution in [2.24, 2.45) is 0 Å². The van der Waals surface area contributed by atoms with E-state index in [2.05, 4.69) is 5.32 Å². The van der Waals surface area contributed by atoms with Gasteiger partial charge in [0, 0.05) is 13.1 Å². The predicted molar refractivity (Wildman–Crippen MR) is 61.5 cm³/mol. The molecule has 4 heteroatoms. The summed E-state index contributed by atoms with van der Waals surface area (Å²) in [7, 11) is 3.60. The maximum atomic E-state index is 12.1. The Balaban J connectivity index is 2.48. The summed E-state index contributed by atoms with van der Waals surface area (Å²) in [5, 5.41) is 3.06.